The molecule has 1 aliphatic rings. The second kappa shape index (κ2) is 4.06. The van der Waals surface area contributed by atoms with Crippen LogP contribution in [0.1, 0.15) is 13.8 Å². The average molecular weight is 207 g/mol. The summed E-state index contributed by atoms with van der Waals surface area (Å²) in [5.74, 6) is 0.875. The van der Waals surface area contributed by atoms with Gasteiger partial charge in [-0.2, -0.15) is 0 Å². The van der Waals surface area contributed by atoms with E-state index in [0.29, 0.717) is 0 Å². The van der Waals surface area contributed by atoms with Crippen LogP contribution >= 0.6 is 0 Å². The standard InChI is InChI=1S/C11H17N3O/c1-8-6-14(7-9(2)15-8)11-10(12)4-3-5-13-11/h3-5,8-9H,6-7,12H2,1-2H3/t8-,9-/m0/s1. The Morgan fingerprint density at radius 1 is 1.40 bits per heavy atom. The van der Waals surface area contributed by atoms with Gasteiger partial charge in [-0.05, 0) is 26.0 Å². The molecule has 1 aromatic heterocycles. The number of anilines is 2. The maximum atomic E-state index is 5.90. The summed E-state index contributed by atoms with van der Waals surface area (Å²) in [6.45, 7) is 5.85. The van der Waals surface area contributed by atoms with Gasteiger partial charge in [-0.25, -0.2) is 4.98 Å². The molecule has 2 atom stereocenters. The zero-order valence-corrected chi connectivity index (χ0v) is 9.18. The molecule has 0 aromatic carbocycles. The van der Waals surface area contributed by atoms with Crippen LogP contribution in [0.25, 0.3) is 0 Å². The zero-order valence-electron chi connectivity index (χ0n) is 9.18. The average Bonchev–Trinajstić information content (AvgIpc) is 2.16. The maximum Gasteiger partial charge on any atom is 0.151 e. The molecular weight excluding hydrogens is 190 g/mol. The minimum Gasteiger partial charge on any atom is -0.396 e. The fourth-order valence-corrected chi connectivity index (χ4v) is 2.02. The summed E-state index contributed by atoms with van der Waals surface area (Å²) < 4.78 is 5.67. The highest BCUT2D eigenvalue weighted by Crippen LogP contribution is 2.23. The topological polar surface area (TPSA) is 51.4 Å². The molecule has 0 aliphatic carbocycles. The van der Waals surface area contributed by atoms with Crippen LogP contribution in [-0.2, 0) is 4.74 Å². The van der Waals surface area contributed by atoms with Crippen LogP contribution in [0.3, 0.4) is 0 Å². The molecule has 0 saturated carbocycles. The molecule has 4 nitrogen and oxygen atoms in total. The van der Waals surface area contributed by atoms with Crippen molar-refractivity contribution < 1.29 is 4.74 Å². The molecule has 0 radical (unpaired) electrons. The number of aromatic nitrogens is 1. The van der Waals surface area contributed by atoms with E-state index >= 15 is 0 Å². The van der Waals surface area contributed by atoms with E-state index in [4.69, 9.17) is 10.5 Å². The van der Waals surface area contributed by atoms with Gasteiger partial charge >= 0.3 is 0 Å². The number of nitrogens with two attached hydrogens (primary N) is 1. The summed E-state index contributed by atoms with van der Waals surface area (Å²) >= 11 is 0. The van der Waals surface area contributed by atoms with Crippen molar-refractivity contribution in [1.29, 1.82) is 0 Å². The second-order valence-electron chi connectivity index (χ2n) is 4.08. The summed E-state index contributed by atoms with van der Waals surface area (Å²) in [5.41, 5.74) is 6.63. The lowest BCUT2D eigenvalue weighted by molar-refractivity contribution is -0.00540. The van der Waals surface area contributed by atoms with Gasteiger partial charge < -0.3 is 15.4 Å². The van der Waals surface area contributed by atoms with Gasteiger partial charge in [0.1, 0.15) is 0 Å². The smallest absolute Gasteiger partial charge is 0.151 e. The van der Waals surface area contributed by atoms with Gasteiger partial charge in [0.05, 0.1) is 17.9 Å². The van der Waals surface area contributed by atoms with Gasteiger partial charge in [0.2, 0.25) is 0 Å². The lowest BCUT2D eigenvalue weighted by Crippen LogP contribution is -2.46. The number of ether oxygens (including phenoxy) is 1. The number of hydrogen-bond donors (Lipinski definition) is 1. The Morgan fingerprint density at radius 3 is 2.67 bits per heavy atom. The monoisotopic (exact) mass is 207 g/mol. The Hall–Kier alpha value is -1.29. The van der Waals surface area contributed by atoms with Gasteiger partial charge in [-0.15, -0.1) is 0 Å². The third-order valence-electron chi connectivity index (χ3n) is 2.54. The van der Waals surface area contributed by atoms with E-state index in [1.807, 2.05) is 12.1 Å². The molecule has 1 aromatic rings. The Labute approximate surface area is 90.0 Å². The van der Waals surface area contributed by atoms with Crippen LogP contribution in [0.2, 0.25) is 0 Å². The lowest BCUT2D eigenvalue weighted by Gasteiger charge is -2.36. The number of morpholine rings is 1. The van der Waals surface area contributed by atoms with E-state index in [2.05, 4.69) is 23.7 Å². The minimum atomic E-state index is 0.232. The Balaban J connectivity index is 2.20. The van der Waals surface area contributed by atoms with Gasteiger partial charge in [-0.1, -0.05) is 0 Å². The second-order valence-corrected chi connectivity index (χ2v) is 4.08. The molecule has 2 heterocycles. The molecule has 1 aliphatic heterocycles. The van der Waals surface area contributed by atoms with Crippen molar-refractivity contribution >= 4 is 11.5 Å². The molecule has 82 valence electrons. The van der Waals surface area contributed by atoms with E-state index in [1.54, 1.807) is 6.20 Å². The first kappa shape index (κ1) is 10.2. The first-order valence-corrected chi connectivity index (χ1v) is 5.27. The largest absolute Gasteiger partial charge is 0.396 e. The van der Waals surface area contributed by atoms with Crippen molar-refractivity contribution in [2.24, 2.45) is 0 Å². The molecule has 2 N–H and O–H groups in total. The maximum absolute atomic E-state index is 5.90. The minimum absolute atomic E-state index is 0.232. The Bertz CT molecular complexity index is 332. The number of rotatable bonds is 1. The van der Waals surface area contributed by atoms with E-state index in [1.165, 1.54) is 0 Å². The lowest BCUT2D eigenvalue weighted by atomic mass is 10.2. The van der Waals surface area contributed by atoms with Gasteiger partial charge in [0.15, 0.2) is 5.82 Å². The van der Waals surface area contributed by atoms with Crippen LogP contribution in [0.4, 0.5) is 11.5 Å². The van der Waals surface area contributed by atoms with Crippen molar-refractivity contribution in [2.75, 3.05) is 23.7 Å². The van der Waals surface area contributed by atoms with Crippen molar-refractivity contribution in [1.82, 2.24) is 4.98 Å². The highest BCUT2D eigenvalue weighted by molar-refractivity contribution is 5.62. The highest BCUT2D eigenvalue weighted by atomic mass is 16.5. The van der Waals surface area contributed by atoms with E-state index in [9.17, 15) is 0 Å². The van der Waals surface area contributed by atoms with Gasteiger partial charge in [0.25, 0.3) is 0 Å². The first-order chi connectivity index (χ1) is 7.16. The van der Waals surface area contributed by atoms with Crippen LogP contribution in [0, 0.1) is 0 Å². The number of nitrogen functional groups attached to an aromatic ring is 1. The summed E-state index contributed by atoms with van der Waals surface area (Å²) in [6, 6.07) is 3.74. The Kier molecular flexibility index (Phi) is 2.77. The first-order valence-electron chi connectivity index (χ1n) is 5.27. The van der Waals surface area contributed by atoms with Crippen molar-refractivity contribution in [3.05, 3.63) is 18.3 Å². The summed E-state index contributed by atoms with van der Waals surface area (Å²) in [5, 5.41) is 0. The van der Waals surface area contributed by atoms with Crippen LogP contribution in [0.5, 0.6) is 0 Å². The molecule has 1 saturated heterocycles. The SMILES string of the molecule is C[C@H]1CN(c2ncccc2N)C[C@H](C)O1. The predicted molar refractivity (Wildman–Crippen MR) is 60.9 cm³/mol. The van der Waals surface area contributed by atoms with Crippen LogP contribution < -0.4 is 10.6 Å². The molecule has 0 unspecified atom stereocenters. The number of nitrogens with zero attached hydrogens (tertiary/aromatic N) is 2. The summed E-state index contributed by atoms with van der Waals surface area (Å²) in [6.07, 6.45) is 2.24. The van der Waals surface area contributed by atoms with Crippen LogP contribution in [0.15, 0.2) is 18.3 Å². The van der Waals surface area contributed by atoms with Crippen LogP contribution in [-0.4, -0.2) is 30.3 Å². The predicted octanol–water partition coefficient (Wildman–Crippen LogP) is 1.28. The molecule has 1 fully saturated rings. The fourth-order valence-electron chi connectivity index (χ4n) is 2.02. The fraction of sp³-hybridized carbons (Fsp3) is 0.545. The Morgan fingerprint density at radius 2 is 2.07 bits per heavy atom. The normalized spacial score (nSPS) is 26.7. The molecule has 0 spiro atoms. The quantitative estimate of drug-likeness (QED) is 0.753. The van der Waals surface area contributed by atoms with Gasteiger partial charge in [0, 0.05) is 19.3 Å². The molecular formula is C11H17N3O. The zero-order chi connectivity index (χ0) is 10.8. The molecule has 15 heavy (non-hydrogen) atoms. The molecule has 4 heteroatoms. The van der Waals surface area contributed by atoms with E-state index in [0.717, 1.165) is 24.6 Å². The van der Waals surface area contributed by atoms with Crippen molar-refractivity contribution in [3.8, 4) is 0 Å². The van der Waals surface area contributed by atoms with Gasteiger partial charge in [-0.3, -0.25) is 0 Å². The highest BCUT2D eigenvalue weighted by Gasteiger charge is 2.23. The third-order valence-corrected chi connectivity index (χ3v) is 2.54. The van der Waals surface area contributed by atoms with E-state index in [-0.39, 0.29) is 12.2 Å². The number of pyridine rings is 1. The summed E-state index contributed by atoms with van der Waals surface area (Å²) in [7, 11) is 0. The summed E-state index contributed by atoms with van der Waals surface area (Å²) in [4.78, 5) is 6.50. The van der Waals surface area contributed by atoms with Crippen molar-refractivity contribution in [2.45, 2.75) is 26.1 Å². The molecule has 0 amide bonds. The third kappa shape index (κ3) is 2.21. The number of hydrogen-bond acceptors (Lipinski definition) is 4. The molecule has 2 rings (SSSR count). The molecule has 0 bridgehead atoms. The van der Waals surface area contributed by atoms with E-state index < -0.39 is 0 Å². The van der Waals surface area contributed by atoms with Crippen molar-refractivity contribution in [3.63, 3.8) is 0 Å².